The summed E-state index contributed by atoms with van der Waals surface area (Å²) in [5, 5.41) is 5.57. The summed E-state index contributed by atoms with van der Waals surface area (Å²) in [6, 6.07) is 22.8. The maximum absolute atomic E-state index is 3.35. The normalized spacial score (nSPS) is 14.9. The van der Waals surface area contributed by atoms with Crippen LogP contribution in [0.25, 0.3) is 21.5 Å². The van der Waals surface area contributed by atoms with Crippen LogP contribution in [-0.4, -0.2) is 3.21 Å². The molecule has 0 radical (unpaired) electrons. The minimum atomic E-state index is 0. The van der Waals surface area contributed by atoms with Gasteiger partial charge in [0, 0.05) is 0 Å². The molecule has 1 aliphatic carbocycles. The fourth-order valence-electron chi connectivity index (χ4n) is 6.49. The summed E-state index contributed by atoms with van der Waals surface area (Å²) < 4.78 is 1.46. The van der Waals surface area contributed by atoms with E-state index in [1.165, 1.54) is 88.8 Å². The molecule has 0 N–H and O–H groups in total. The molecule has 0 fully saturated rings. The van der Waals surface area contributed by atoms with Crippen LogP contribution in [0.3, 0.4) is 0 Å². The van der Waals surface area contributed by atoms with Gasteiger partial charge in [-0.15, -0.1) is 39.7 Å². The molecule has 0 aromatic heterocycles. The average Bonchev–Trinajstić information content (AvgIpc) is 3.60. The Hall–Kier alpha value is -1.66. The van der Waals surface area contributed by atoms with Crippen LogP contribution >= 0.6 is 0 Å². The first kappa shape index (κ1) is 47.4. The van der Waals surface area contributed by atoms with Gasteiger partial charge in [0.2, 0.25) is 0 Å². The summed E-state index contributed by atoms with van der Waals surface area (Å²) >= 11 is 1.51. The fraction of sp³-hybridized carbons (Fsp3) is 0.500. The van der Waals surface area contributed by atoms with Gasteiger partial charge in [-0.1, -0.05) is 163 Å². The third-order valence-corrected chi connectivity index (χ3v) is 10.3. The Morgan fingerprint density at radius 1 is 0.608 bits per heavy atom. The van der Waals surface area contributed by atoms with Crippen molar-refractivity contribution >= 4 is 24.8 Å². The monoisotopic (exact) mass is 802 g/mol. The number of allylic oxidation sites excluding steroid dienone is 4. The zero-order valence-electron chi connectivity index (χ0n) is 35.0. The maximum atomic E-state index is 3.35. The number of hydrogen-bond donors (Lipinski definition) is 0. The van der Waals surface area contributed by atoms with Gasteiger partial charge in [-0.05, 0) is 21.7 Å². The van der Waals surface area contributed by atoms with Crippen molar-refractivity contribution in [1.29, 1.82) is 0 Å². The zero-order chi connectivity index (χ0) is 37.3. The van der Waals surface area contributed by atoms with Crippen molar-refractivity contribution in [3.63, 3.8) is 0 Å². The third-order valence-electron chi connectivity index (χ3n) is 9.56. The predicted molar refractivity (Wildman–Crippen MR) is 217 cm³/mol. The van der Waals surface area contributed by atoms with Gasteiger partial charge in [0.05, 0.1) is 0 Å². The summed E-state index contributed by atoms with van der Waals surface area (Å²) in [6.07, 6.45) is 9.00. The number of fused-ring (bicyclic) bond motifs is 3. The molecule has 4 aromatic rings. The van der Waals surface area contributed by atoms with E-state index >= 15 is 0 Å². The molecule has 0 aliphatic heterocycles. The van der Waals surface area contributed by atoms with Crippen LogP contribution in [0.1, 0.15) is 152 Å². The number of halogens is 2. The van der Waals surface area contributed by atoms with Gasteiger partial charge in [-0.2, -0.15) is 11.6 Å². The standard InChI is InChI=1S/C29H41.C11H17.C8H8.2ClH.Zr/c1-26(2,3)22-14-18-13-19-15-23(27(4,5)6)25(29(10,11)12)17-21(19)20(18)16-24(22)28(7,8)9;1-5-9-6-7-10(8-9)11(2,3)4;1-2-8-6-4-3-5-7-8;;;/h13-17H,1-12H3;7-9H,5H2,1-4H3;3-7H,1H3;2*1H;/q2*-1;;;;+2/p-2. The Bertz CT molecular complexity index is 1730. The molecule has 0 amide bonds. The first-order valence-corrected chi connectivity index (χ1v) is 19.6. The molecule has 0 saturated heterocycles. The van der Waals surface area contributed by atoms with E-state index in [9.17, 15) is 0 Å². The molecule has 0 spiro atoms. The van der Waals surface area contributed by atoms with Crippen molar-refractivity contribution in [2.24, 2.45) is 11.3 Å². The molecule has 5 rings (SSSR count). The Morgan fingerprint density at radius 2 is 0.980 bits per heavy atom. The quantitative estimate of drug-likeness (QED) is 0.180. The zero-order valence-corrected chi connectivity index (χ0v) is 38.9. The van der Waals surface area contributed by atoms with E-state index in [0.29, 0.717) is 11.3 Å². The smallest absolute Gasteiger partial charge is 1.00 e. The number of hydrogen-bond acceptors (Lipinski definition) is 0. The average molecular weight is 805 g/mol. The summed E-state index contributed by atoms with van der Waals surface area (Å²) in [7, 11) is 0. The van der Waals surface area contributed by atoms with Gasteiger partial charge in [-0.3, -0.25) is 6.08 Å². The van der Waals surface area contributed by atoms with Gasteiger partial charge in [0.25, 0.3) is 0 Å². The molecule has 51 heavy (non-hydrogen) atoms. The topological polar surface area (TPSA) is 0 Å². The van der Waals surface area contributed by atoms with Crippen molar-refractivity contribution in [1.82, 2.24) is 0 Å². The van der Waals surface area contributed by atoms with Crippen LogP contribution in [0.5, 0.6) is 0 Å². The predicted octanol–water partition coefficient (Wildman–Crippen LogP) is 8.04. The van der Waals surface area contributed by atoms with Crippen LogP contribution in [0.4, 0.5) is 0 Å². The maximum Gasteiger partial charge on any atom is -1.00 e. The molecule has 0 saturated carbocycles. The van der Waals surface area contributed by atoms with Gasteiger partial charge in [-0.25, -0.2) is 6.08 Å². The van der Waals surface area contributed by atoms with Crippen LogP contribution in [-0.2, 0) is 45.9 Å². The molecule has 0 heterocycles. The van der Waals surface area contributed by atoms with Crippen LogP contribution in [0.2, 0.25) is 0 Å². The first-order valence-electron chi connectivity index (χ1n) is 18.4. The Labute approximate surface area is 340 Å². The molecular weight excluding hydrogens is 739 g/mol. The van der Waals surface area contributed by atoms with Crippen molar-refractivity contribution in [2.45, 2.75) is 146 Å². The molecule has 0 nitrogen and oxygen atoms in total. The van der Waals surface area contributed by atoms with Gasteiger partial charge < -0.3 is 24.8 Å². The number of benzene rings is 3. The van der Waals surface area contributed by atoms with Crippen LogP contribution < -0.4 is 24.8 Å². The molecule has 1 aliphatic rings. The number of rotatable bonds is 2. The van der Waals surface area contributed by atoms with E-state index in [0.717, 1.165) is 0 Å². The van der Waals surface area contributed by atoms with Gasteiger partial charge >= 0.3 is 70.3 Å². The van der Waals surface area contributed by atoms with E-state index in [-0.39, 0.29) is 46.5 Å². The van der Waals surface area contributed by atoms with E-state index in [4.69, 9.17) is 0 Å². The summed E-state index contributed by atoms with van der Waals surface area (Å²) in [5.74, 6) is 0.573. The molecule has 1 unspecified atom stereocenters. The molecule has 278 valence electrons. The SMILES string of the molecule is CC(C)(C)c1cc2[cH-]c3cc(C(C)(C)C)c(C(C)(C)C)cc3c2cc1C(C)(C)C.CCC1[C-]=CC(C(C)(C)C)=C1.C[C](=[Zr+2])c1ccccc1.[Cl-].[Cl-]. The summed E-state index contributed by atoms with van der Waals surface area (Å²) in [4.78, 5) is 0. The van der Waals surface area contributed by atoms with Gasteiger partial charge in [0.1, 0.15) is 0 Å². The fourth-order valence-corrected chi connectivity index (χ4v) is 6.90. The molecule has 4 aromatic carbocycles. The van der Waals surface area contributed by atoms with E-state index in [2.05, 4.69) is 191 Å². The molecular formula is C48H66Cl2Zr-2. The Balaban J connectivity index is 0.000000484. The summed E-state index contributed by atoms with van der Waals surface area (Å²) in [6.45, 7) is 39.1. The second-order valence-corrected chi connectivity index (χ2v) is 21.1. The van der Waals surface area contributed by atoms with Crippen LogP contribution in [0.15, 0.2) is 78.4 Å². The van der Waals surface area contributed by atoms with Crippen molar-refractivity contribution in [3.05, 3.63) is 112 Å². The van der Waals surface area contributed by atoms with Crippen LogP contribution in [0, 0.1) is 17.4 Å². The molecule has 0 bridgehead atoms. The van der Waals surface area contributed by atoms with E-state index < -0.39 is 0 Å². The second-order valence-electron chi connectivity index (χ2n) is 19.3. The van der Waals surface area contributed by atoms with Crippen molar-refractivity contribution in [2.75, 3.05) is 0 Å². The largest absolute Gasteiger partial charge is 1.00 e. The minimum Gasteiger partial charge on any atom is -1.00 e. The minimum absolute atomic E-state index is 0. The van der Waals surface area contributed by atoms with Gasteiger partial charge in [0.15, 0.2) is 0 Å². The van der Waals surface area contributed by atoms with Crippen molar-refractivity contribution in [3.8, 4) is 0 Å². The third kappa shape index (κ3) is 12.4. The molecule has 3 heteroatoms. The second kappa shape index (κ2) is 17.7. The van der Waals surface area contributed by atoms with E-state index in [1.807, 2.05) is 6.07 Å². The van der Waals surface area contributed by atoms with Crippen molar-refractivity contribution < 1.29 is 49.0 Å². The molecule has 1 atom stereocenters. The van der Waals surface area contributed by atoms with E-state index in [1.54, 1.807) is 0 Å². The Morgan fingerprint density at radius 3 is 1.24 bits per heavy atom. The summed E-state index contributed by atoms with van der Waals surface area (Å²) in [5.41, 5.74) is 9.51. The first-order chi connectivity index (χ1) is 22.2. The Kier molecular flexibility index (Phi) is 16.4.